The first kappa shape index (κ1) is 15.2. The summed E-state index contributed by atoms with van der Waals surface area (Å²) >= 11 is 5.79. The fourth-order valence-electron chi connectivity index (χ4n) is 1.94. The maximum atomic E-state index is 11.0. The third-order valence-corrected chi connectivity index (χ3v) is 3.26. The average Bonchev–Trinajstić information content (AvgIpc) is 2.30. The number of piperazine rings is 1. The molecule has 2 heterocycles. The van der Waals surface area contributed by atoms with Crippen molar-refractivity contribution in [2.75, 3.05) is 26.7 Å². The zero-order valence-electron chi connectivity index (χ0n) is 9.89. The van der Waals surface area contributed by atoms with Gasteiger partial charge in [-0.05, 0) is 13.1 Å². The van der Waals surface area contributed by atoms with Crippen LogP contribution in [0.2, 0.25) is 5.02 Å². The molecular formula is C11H15Cl2N3O2. The molecule has 0 saturated carbocycles. The predicted molar refractivity (Wildman–Crippen MR) is 71.7 cm³/mol. The van der Waals surface area contributed by atoms with E-state index in [1.54, 1.807) is 6.07 Å². The number of aromatic nitrogens is 1. The van der Waals surface area contributed by atoms with Gasteiger partial charge in [0.1, 0.15) is 0 Å². The normalized spacial score (nSPS) is 20.2. The van der Waals surface area contributed by atoms with Crippen molar-refractivity contribution < 1.29 is 9.90 Å². The molecule has 1 fully saturated rings. The van der Waals surface area contributed by atoms with E-state index in [0.717, 1.165) is 25.3 Å². The Morgan fingerprint density at radius 1 is 1.67 bits per heavy atom. The van der Waals surface area contributed by atoms with E-state index in [0.29, 0.717) is 0 Å². The van der Waals surface area contributed by atoms with Crippen molar-refractivity contribution in [3.63, 3.8) is 0 Å². The monoisotopic (exact) mass is 291 g/mol. The molecule has 1 atom stereocenters. The van der Waals surface area contributed by atoms with E-state index in [2.05, 4.69) is 15.2 Å². The molecule has 0 spiro atoms. The summed E-state index contributed by atoms with van der Waals surface area (Å²) in [6.07, 6.45) is 1.41. The Bertz CT molecular complexity index is 442. The zero-order chi connectivity index (χ0) is 12.4. The third kappa shape index (κ3) is 3.11. The second kappa shape index (κ2) is 6.33. The van der Waals surface area contributed by atoms with Gasteiger partial charge in [-0.25, -0.2) is 4.79 Å². The molecule has 0 amide bonds. The Balaban J connectivity index is 0.00000162. The summed E-state index contributed by atoms with van der Waals surface area (Å²) in [5, 5.41) is 12.5. The third-order valence-electron chi connectivity index (χ3n) is 2.96. The van der Waals surface area contributed by atoms with Gasteiger partial charge < -0.3 is 10.4 Å². The SMILES string of the molecule is CN1CCNCC1c1cc(C(=O)O)c(Cl)cn1.Cl. The van der Waals surface area contributed by atoms with E-state index < -0.39 is 5.97 Å². The number of hydrogen-bond donors (Lipinski definition) is 2. The molecule has 18 heavy (non-hydrogen) atoms. The summed E-state index contributed by atoms with van der Waals surface area (Å²) in [5.74, 6) is -1.02. The van der Waals surface area contributed by atoms with Crippen molar-refractivity contribution in [1.82, 2.24) is 15.2 Å². The molecule has 0 bridgehead atoms. The number of carbonyl (C=O) groups is 1. The first-order valence-electron chi connectivity index (χ1n) is 5.39. The summed E-state index contributed by atoms with van der Waals surface area (Å²) in [4.78, 5) is 17.4. The lowest BCUT2D eigenvalue weighted by molar-refractivity contribution is 0.0696. The standard InChI is InChI=1S/C11H14ClN3O2.ClH/c1-15-3-2-13-6-10(15)9-4-7(11(16)17)8(12)5-14-9;/h4-5,10,13H,2-3,6H2,1H3,(H,16,17);1H. The van der Waals surface area contributed by atoms with Crippen LogP contribution in [0.25, 0.3) is 0 Å². The number of nitrogens with zero attached hydrogens (tertiary/aromatic N) is 2. The van der Waals surface area contributed by atoms with Gasteiger partial charge in [0.15, 0.2) is 0 Å². The molecule has 0 aliphatic carbocycles. The summed E-state index contributed by atoms with van der Waals surface area (Å²) < 4.78 is 0. The van der Waals surface area contributed by atoms with Gasteiger partial charge in [-0.15, -0.1) is 12.4 Å². The maximum absolute atomic E-state index is 11.0. The van der Waals surface area contributed by atoms with Crippen molar-refractivity contribution >= 4 is 30.0 Å². The predicted octanol–water partition coefficient (Wildman–Crippen LogP) is 1.43. The van der Waals surface area contributed by atoms with Crippen LogP contribution >= 0.6 is 24.0 Å². The van der Waals surface area contributed by atoms with Crippen molar-refractivity contribution in [3.05, 3.63) is 28.5 Å². The topological polar surface area (TPSA) is 65.5 Å². The fourth-order valence-corrected chi connectivity index (χ4v) is 2.12. The second-order valence-electron chi connectivity index (χ2n) is 4.09. The Kier molecular flexibility index (Phi) is 5.34. The Hall–Kier alpha value is -0.880. The number of nitrogens with one attached hydrogen (secondary N) is 1. The Morgan fingerprint density at radius 3 is 3.00 bits per heavy atom. The van der Waals surface area contributed by atoms with Crippen molar-refractivity contribution in [1.29, 1.82) is 0 Å². The highest BCUT2D eigenvalue weighted by molar-refractivity contribution is 6.33. The van der Waals surface area contributed by atoms with Crippen LogP contribution in [0.15, 0.2) is 12.3 Å². The molecule has 0 aromatic carbocycles. The minimum atomic E-state index is -1.02. The van der Waals surface area contributed by atoms with E-state index >= 15 is 0 Å². The van der Waals surface area contributed by atoms with Gasteiger partial charge in [0.2, 0.25) is 0 Å². The van der Waals surface area contributed by atoms with E-state index in [4.69, 9.17) is 16.7 Å². The molecule has 5 nitrogen and oxygen atoms in total. The number of rotatable bonds is 2. The number of halogens is 2. The van der Waals surface area contributed by atoms with Crippen LogP contribution in [0.4, 0.5) is 0 Å². The van der Waals surface area contributed by atoms with Crippen molar-refractivity contribution in [3.8, 4) is 0 Å². The quantitative estimate of drug-likeness (QED) is 0.863. The maximum Gasteiger partial charge on any atom is 0.337 e. The van der Waals surface area contributed by atoms with Crippen LogP contribution in [-0.4, -0.2) is 47.6 Å². The molecule has 1 unspecified atom stereocenters. The molecule has 1 aliphatic heterocycles. The minimum absolute atomic E-state index is 0. The van der Waals surface area contributed by atoms with Crippen molar-refractivity contribution in [2.45, 2.75) is 6.04 Å². The molecule has 1 aromatic heterocycles. The van der Waals surface area contributed by atoms with Crippen LogP contribution in [0.3, 0.4) is 0 Å². The van der Waals surface area contributed by atoms with Gasteiger partial charge in [-0.3, -0.25) is 9.88 Å². The first-order chi connectivity index (χ1) is 8.09. The lowest BCUT2D eigenvalue weighted by Gasteiger charge is -2.32. The molecular weight excluding hydrogens is 277 g/mol. The molecule has 100 valence electrons. The molecule has 2 N–H and O–H groups in total. The molecule has 2 rings (SSSR count). The number of carboxylic acid groups (broad SMARTS) is 1. The van der Waals surface area contributed by atoms with Gasteiger partial charge in [0, 0.05) is 25.8 Å². The van der Waals surface area contributed by atoms with Gasteiger partial charge in [-0.2, -0.15) is 0 Å². The Labute approximate surface area is 117 Å². The second-order valence-corrected chi connectivity index (χ2v) is 4.50. The summed E-state index contributed by atoms with van der Waals surface area (Å²) in [7, 11) is 2.00. The Morgan fingerprint density at radius 2 is 2.39 bits per heavy atom. The summed E-state index contributed by atoms with van der Waals surface area (Å²) in [6.45, 7) is 2.62. The molecule has 7 heteroatoms. The molecule has 1 aliphatic rings. The summed E-state index contributed by atoms with van der Waals surface area (Å²) in [5.41, 5.74) is 0.845. The minimum Gasteiger partial charge on any atom is -0.478 e. The van der Waals surface area contributed by atoms with E-state index in [1.165, 1.54) is 6.20 Å². The van der Waals surface area contributed by atoms with Gasteiger partial charge >= 0.3 is 5.97 Å². The number of pyridine rings is 1. The zero-order valence-corrected chi connectivity index (χ0v) is 11.5. The first-order valence-corrected chi connectivity index (χ1v) is 5.77. The lowest BCUT2D eigenvalue weighted by atomic mass is 10.1. The van der Waals surface area contributed by atoms with Gasteiger partial charge in [0.05, 0.1) is 22.3 Å². The number of hydrogen-bond acceptors (Lipinski definition) is 4. The molecule has 0 radical (unpaired) electrons. The van der Waals surface area contributed by atoms with Crippen LogP contribution in [0, 0.1) is 0 Å². The van der Waals surface area contributed by atoms with Crippen LogP contribution in [0.5, 0.6) is 0 Å². The highest BCUT2D eigenvalue weighted by Crippen LogP contribution is 2.23. The van der Waals surface area contributed by atoms with E-state index in [1.807, 2.05) is 7.05 Å². The average molecular weight is 292 g/mol. The number of likely N-dealkylation sites (N-methyl/N-ethyl adjacent to an activating group) is 1. The largest absolute Gasteiger partial charge is 0.478 e. The summed E-state index contributed by atoms with van der Waals surface area (Å²) in [6, 6.07) is 1.65. The van der Waals surface area contributed by atoms with Crippen LogP contribution in [0.1, 0.15) is 22.1 Å². The molecule has 1 aromatic rings. The highest BCUT2D eigenvalue weighted by Gasteiger charge is 2.23. The van der Waals surface area contributed by atoms with Crippen LogP contribution in [-0.2, 0) is 0 Å². The van der Waals surface area contributed by atoms with Gasteiger partial charge in [-0.1, -0.05) is 11.6 Å². The fraction of sp³-hybridized carbons (Fsp3) is 0.455. The van der Waals surface area contributed by atoms with Crippen LogP contribution < -0.4 is 5.32 Å². The molecule has 1 saturated heterocycles. The van der Waals surface area contributed by atoms with E-state index in [9.17, 15) is 4.79 Å². The number of carboxylic acids is 1. The van der Waals surface area contributed by atoms with Gasteiger partial charge in [0.25, 0.3) is 0 Å². The lowest BCUT2D eigenvalue weighted by Crippen LogP contribution is -2.44. The highest BCUT2D eigenvalue weighted by atomic mass is 35.5. The van der Waals surface area contributed by atoms with E-state index in [-0.39, 0.29) is 29.0 Å². The van der Waals surface area contributed by atoms with Crippen molar-refractivity contribution in [2.24, 2.45) is 0 Å². The number of aromatic carboxylic acids is 1. The smallest absolute Gasteiger partial charge is 0.337 e.